The molecule has 78 valence electrons. The van der Waals surface area contributed by atoms with Gasteiger partial charge in [0.1, 0.15) is 6.33 Å². The van der Waals surface area contributed by atoms with Crippen molar-refractivity contribution in [3.8, 4) is 11.1 Å². The zero-order chi connectivity index (χ0) is 11.0. The topological polar surface area (TPSA) is 43.6 Å². The van der Waals surface area contributed by atoms with E-state index in [-0.39, 0.29) is 0 Å². The number of rotatable bonds is 1. The molecule has 0 aliphatic heterocycles. The number of fused-ring (bicyclic) bond motifs is 1. The number of nitrogens with zero attached hydrogens (tertiary/aromatic N) is 4. The van der Waals surface area contributed by atoms with Crippen molar-refractivity contribution in [2.75, 3.05) is 0 Å². The first-order valence-electron chi connectivity index (χ1n) is 5.01. The Morgan fingerprint density at radius 1 is 1.12 bits per heavy atom. The number of aryl methyl sites for hydroxylation is 1. The smallest absolute Gasteiger partial charge is 0.115 e. The Kier molecular flexibility index (Phi) is 1.93. The first-order valence-corrected chi connectivity index (χ1v) is 5.01. The lowest BCUT2D eigenvalue weighted by Gasteiger charge is -2.01. The molecule has 4 nitrogen and oxygen atoms in total. The van der Waals surface area contributed by atoms with Gasteiger partial charge in [-0.2, -0.15) is 0 Å². The molecule has 0 fully saturated rings. The zero-order valence-electron chi connectivity index (χ0n) is 8.83. The maximum atomic E-state index is 4.40. The summed E-state index contributed by atoms with van der Waals surface area (Å²) in [6.45, 7) is 0. The summed E-state index contributed by atoms with van der Waals surface area (Å²) in [5.41, 5.74) is 4.16. The molecule has 0 saturated heterocycles. The molecule has 0 bridgehead atoms. The van der Waals surface area contributed by atoms with E-state index in [9.17, 15) is 0 Å². The normalized spacial score (nSPS) is 10.8. The van der Waals surface area contributed by atoms with E-state index in [1.54, 1.807) is 12.4 Å². The SMILES string of the molecule is Cn1cnc2c(-c3cncnc3)cccc21. The van der Waals surface area contributed by atoms with Gasteiger partial charge >= 0.3 is 0 Å². The summed E-state index contributed by atoms with van der Waals surface area (Å²) in [5, 5.41) is 0. The van der Waals surface area contributed by atoms with E-state index in [0.717, 1.165) is 22.2 Å². The van der Waals surface area contributed by atoms with Crippen molar-refractivity contribution in [1.29, 1.82) is 0 Å². The average molecular weight is 210 g/mol. The molecule has 3 aromatic rings. The Labute approximate surface area is 92.6 Å². The number of aromatic nitrogens is 4. The summed E-state index contributed by atoms with van der Waals surface area (Å²) in [5.74, 6) is 0. The Morgan fingerprint density at radius 2 is 1.94 bits per heavy atom. The number of hydrogen-bond donors (Lipinski definition) is 0. The summed E-state index contributed by atoms with van der Waals surface area (Å²) < 4.78 is 2.00. The summed E-state index contributed by atoms with van der Waals surface area (Å²) in [4.78, 5) is 12.5. The molecule has 3 rings (SSSR count). The highest BCUT2D eigenvalue weighted by atomic mass is 15.0. The first kappa shape index (κ1) is 9.03. The molecule has 0 aliphatic rings. The Bertz CT molecular complexity index is 628. The van der Waals surface area contributed by atoms with Gasteiger partial charge in [0.2, 0.25) is 0 Å². The van der Waals surface area contributed by atoms with Gasteiger partial charge in [-0.15, -0.1) is 0 Å². The molecular formula is C12H10N4. The minimum atomic E-state index is 0.986. The van der Waals surface area contributed by atoms with Gasteiger partial charge in [-0.25, -0.2) is 15.0 Å². The van der Waals surface area contributed by atoms with Crippen molar-refractivity contribution in [2.24, 2.45) is 7.05 Å². The molecule has 4 heteroatoms. The highest BCUT2D eigenvalue weighted by molar-refractivity contribution is 5.91. The zero-order valence-corrected chi connectivity index (χ0v) is 8.83. The fourth-order valence-corrected chi connectivity index (χ4v) is 1.83. The number of hydrogen-bond acceptors (Lipinski definition) is 3. The van der Waals surface area contributed by atoms with Crippen molar-refractivity contribution in [3.63, 3.8) is 0 Å². The monoisotopic (exact) mass is 210 g/mol. The van der Waals surface area contributed by atoms with E-state index in [4.69, 9.17) is 0 Å². The molecule has 0 atom stereocenters. The largest absolute Gasteiger partial charge is 0.334 e. The van der Waals surface area contributed by atoms with E-state index < -0.39 is 0 Å². The summed E-state index contributed by atoms with van der Waals surface area (Å²) in [6.07, 6.45) is 6.95. The third-order valence-electron chi connectivity index (χ3n) is 2.63. The predicted molar refractivity (Wildman–Crippen MR) is 61.7 cm³/mol. The van der Waals surface area contributed by atoms with E-state index in [1.807, 2.05) is 30.1 Å². The highest BCUT2D eigenvalue weighted by Gasteiger charge is 2.07. The van der Waals surface area contributed by atoms with Gasteiger partial charge in [0.25, 0.3) is 0 Å². The van der Waals surface area contributed by atoms with E-state index in [1.165, 1.54) is 6.33 Å². The summed E-state index contributed by atoms with van der Waals surface area (Å²) in [6, 6.07) is 6.11. The minimum absolute atomic E-state index is 0.986. The third-order valence-corrected chi connectivity index (χ3v) is 2.63. The lowest BCUT2D eigenvalue weighted by atomic mass is 10.1. The molecule has 0 aliphatic carbocycles. The predicted octanol–water partition coefficient (Wildman–Crippen LogP) is 2.03. The van der Waals surface area contributed by atoms with Gasteiger partial charge in [0.05, 0.1) is 17.4 Å². The van der Waals surface area contributed by atoms with Gasteiger partial charge in [0.15, 0.2) is 0 Å². The van der Waals surface area contributed by atoms with Crippen molar-refractivity contribution in [2.45, 2.75) is 0 Å². The van der Waals surface area contributed by atoms with Crippen LogP contribution in [0.3, 0.4) is 0 Å². The second kappa shape index (κ2) is 3.41. The van der Waals surface area contributed by atoms with Crippen molar-refractivity contribution >= 4 is 11.0 Å². The second-order valence-corrected chi connectivity index (χ2v) is 3.66. The van der Waals surface area contributed by atoms with Crippen LogP contribution in [0.25, 0.3) is 22.2 Å². The molecule has 0 saturated carbocycles. The fraction of sp³-hybridized carbons (Fsp3) is 0.0833. The van der Waals surface area contributed by atoms with Crippen molar-refractivity contribution in [1.82, 2.24) is 19.5 Å². The van der Waals surface area contributed by atoms with E-state index in [2.05, 4.69) is 21.0 Å². The van der Waals surface area contributed by atoms with Crippen LogP contribution < -0.4 is 0 Å². The lowest BCUT2D eigenvalue weighted by Crippen LogP contribution is -1.86. The fourth-order valence-electron chi connectivity index (χ4n) is 1.83. The van der Waals surface area contributed by atoms with Gasteiger partial charge in [-0.1, -0.05) is 12.1 Å². The maximum Gasteiger partial charge on any atom is 0.115 e. The quantitative estimate of drug-likeness (QED) is 0.617. The molecular weight excluding hydrogens is 200 g/mol. The molecule has 16 heavy (non-hydrogen) atoms. The Balaban J connectivity index is 2.32. The second-order valence-electron chi connectivity index (χ2n) is 3.66. The Hall–Kier alpha value is -2.23. The van der Waals surface area contributed by atoms with E-state index in [0.29, 0.717) is 0 Å². The lowest BCUT2D eigenvalue weighted by molar-refractivity contribution is 0.948. The molecule has 0 N–H and O–H groups in total. The van der Waals surface area contributed by atoms with Crippen LogP contribution in [0.1, 0.15) is 0 Å². The highest BCUT2D eigenvalue weighted by Crippen LogP contribution is 2.25. The molecule has 0 unspecified atom stereocenters. The number of para-hydroxylation sites is 1. The van der Waals surface area contributed by atoms with Crippen LogP contribution in [0.15, 0.2) is 43.2 Å². The Morgan fingerprint density at radius 3 is 2.75 bits per heavy atom. The molecule has 2 aromatic heterocycles. The molecule has 1 aromatic carbocycles. The number of benzene rings is 1. The van der Waals surface area contributed by atoms with Crippen LogP contribution in [0, 0.1) is 0 Å². The standard InChI is InChI=1S/C12H10N4/c1-16-8-15-12-10(3-2-4-11(12)16)9-5-13-7-14-6-9/h2-8H,1H3. The summed E-state index contributed by atoms with van der Waals surface area (Å²) >= 11 is 0. The third kappa shape index (κ3) is 1.27. The van der Waals surface area contributed by atoms with Crippen LogP contribution in [0.2, 0.25) is 0 Å². The summed E-state index contributed by atoms with van der Waals surface area (Å²) in [7, 11) is 1.99. The van der Waals surface area contributed by atoms with Crippen molar-refractivity contribution in [3.05, 3.63) is 43.2 Å². The molecule has 0 amide bonds. The van der Waals surface area contributed by atoms with Crippen LogP contribution in [0.4, 0.5) is 0 Å². The van der Waals surface area contributed by atoms with Crippen LogP contribution in [-0.2, 0) is 7.05 Å². The van der Waals surface area contributed by atoms with Gasteiger partial charge < -0.3 is 4.57 Å². The van der Waals surface area contributed by atoms with Crippen LogP contribution in [-0.4, -0.2) is 19.5 Å². The number of imidazole rings is 1. The van der Waals surface area contributed by atoms with Crippen LogP contribution in [0.5, 0.6) is 0 Å². The van der Waals surface area contributed by atoms with Gasteiger partial charge in [-0.05, 0) is 6.07 Å². The van der Waals surface area contributed by atoms with E-state index >= 15 is 0 Å². The van der Waals surface area contributed by atoms with Crippen LogP contribution >= 0.6 is 0 Å². The average Bonchev–Trinajstić information content (AvgIpc) is 2.73. The first-order chi connectivity index (χ1) is 7.86. The molecule has 2 heterocycles. The van der Waals surface area contributed by atoms with Gasteiger partial charge in [0, 0.05) is 30.6 Å². The maximum absolute atomic E-state index is 4.40. The molecule has 0 radical (unpaired) electrons. The molecule has 0 spiro atoms. The van der Waals surface area contributed by atoms with Gasteiger partial charge in [-0.3, -0.25) is 0 Å². The van der Waals surface area contributed by atoms with Crippen molar-refractivity contribution < 1.29 is 0 Å². The minimum Gasteiger partial charge on any atom is -0.334 e.